The molecule has 1 aliphatic rings. The number of hydrogen-bond acceptors (Lipinski definition) is 4. The van der Waals surface area contributed by atoms with Crippen LogP contribution in [0.15, 0.2) is 34.2 Å². The molecule has 5 nitrogen and oxygen atoms in total. The fourth-order valence-corrected chi connectivity index (χ4v) is 4.57. The van der Waals surface area contributed by atoms with Crippen molar-refractivity contribution in [3.05, 3.63) is 34.6 Å². The molecular formula is C19H25N3O2S. The molecule has 1 saturated carbocycles. The lowest BCUT2D eigenvalue weighted by Gasteiger charge is -2.36. The first-order chi connectivity index (χ1) is 12.0. The third-order valence-corrected chi connectivity index (χ3v) is 6.33. The Morgan fingerprint density at radius 3 is 2.84 bits per heavy atom. The van der Waals surface area contributed by atoms with Crippen LogP contribution in [0, 0.1) is 11.8 Å². The minimum Gasteiger partial charge on any atom is -0.358 e. The van der Waals surface area contributed by atoms with Crippen molar-refractivity contribution in [1.29, 1.82) is 0 Å². The number of carbonyl (C=O) groups is 1. The highest BCUT2D eigenvalue weighted by Gasteiger charge is 2.31. The summed E-state index contributed by atoms with van der Waals surface area (Å²) in [5.41, 5.74) is 0.704. The number of nitrogens with one attached hydrogen (secondary N) is 1. The van der Waals surface area contributed by atoms with Gasteiger partial charge < -0.3 is 5.32 Å². The highest BCUT2D eigenvalue weighted by atomic mass is 32.2. The zero-order chi connectivity index (χ0) is 18.0. The molecule has 1 heterocycles. The molecule has 0 radical (unpaired) electrons. The molecule has 0 bridgehead atoms. The Labute approximate surface area is 152 Å². The number of carbonyl (C=O) groups excluding carboxylic acids is 1. The molecular weight excluding hydrogens is 334 g/mol. The third kappa shape index (κ3) is 3.59. The molecule has 0 saturated heterocycles. The Bertz CT molecular complexity index is 833. The lowest BCUT2D eigenvalue weighted by atomic mass is 9.78. The molecule has 25 heavy (non-hydrogen) atoms. The SMILES string of the molecule is CNC(=O)CSc1nc2ccccc2c(=O)n1[C@H]1CCC[C@H](C)[C@H]1C. The molecule has 1 N–H and O–H groups in total. The summed E-state index contributed by atoms with van der Waals surface area (Å²) < 4.78 is 1.86. The van der Waals surface area contributed by atoms with Gasteiger partial charge in [0.15, 0.2) is 5.16 Å². The summed E-state index contributed by atoms with van der Waals surface area (Å²) in [6.45, 7) is 4.48. The molecule has 1 fully saturated rings. The number of nitrogens with zero attached hydrogens (tertiary/aromatic N) is 2. The Balaban J connectivity index is 2.11. The van der Waals surface area contributed by atoms with Crippen molar-refractivity contribution in [2.24, 2.45) is 11.8 Å². The average molecular weight is 359 g/mol. The Hall–Kier alpha value is -1.82. The molecule has 3 atom stereocenters. The van der Waals surface area contributed by atoms with E-state index < -0.39 is 0 Å². The molecule has 1 amide bonds. The largest absolute Gasteiger partial charge is 0.358 e. The number of benzene rings is 1. The Morgan fingerprint density at radius 2 is 2.08 bits per heavy atom. The van der Waals surface area contributed by atoms with Crippen molar-refractivity contribution in [3.8, 4) is 0 Å². The first-order valence-electron chi connectivity index (χ1n) is 8.87. The first-order valence-corrected chi connectivity index (χ1v) is 9.86. The molecule has 3 rings (SSSR count). The van der Waals surface area contributed by atoms with Crippen molar-refractivity contribution in [2.45, 2.75) is 44.3 Å². The number of hydrogen-bond donors (Lipinski definition) is 1. The molecule has 0 unspecified atom stereocenters. The first kappa shape index (κ1) is 18.0. The monoisotopic (exact) mass is 359 g/mol. The summed E-state index contributed by atoms with van der Waals surface area (Å²) in [6.07, 6.45) is 3.31. The van der Waals surface area contributed by atoms with Crippen molar-refractivity contribution in [2.75, 3.05) is 12.8 Å². The predicted octanol–water partition coefficient (Wildman–Crippen LogP) is 3.23. The number of thioether (sulfide) groups is 1. The molecule has 1 aromatic carbocycles. The highest BCUT2D eigenvalue weighted by molar-refractivity contribution is 7.99. The van der Waals surface area contributed by atoms with Gasteiger partial charge in [0.1, 0.15) is 0 Å². The fraction of sp³-hybridized carbons (Fsp3) is 0.526. The van der Waals surface area contributed by atoms with Gasteiger partial charge in [0.05, 0.1) is 16.7 Å². The molecule has 2 aromatic rings. The Kier molecular flexibility index (Phi) is 5.47. The molecule has 6 heteroatoms. The molecule has 0 aliphatic heterocycles. The molecule has 0 spiro atoms. The van der Waals surface area contributed by atoms with E-state index in [9.17, 15) is 9.59 Å². The second-order valence-electron chi connectivity index (χ2n) is 6.88. The summed E-state index contributed by atoms with van der Waals surface area (Å²) >= 11 is 1.35. The van der Waals surface area contributed by atoms with Crippen LogP contribution in [0.2, 0.25) is 0 Å². The van der Waals surface area contributed by atoms with Gasteiger partial charge in [0.2, 0.25) is 5.91 Å². The van der Waals surface area contributed by atoms with Crippen LogP contribution in [-0.4, -0.2) is 28.3 Å². The Morgan fingerprint density at radius 1 is 1.32 bits per heavy atom. The minimum absolute atomic E-state index is 0.0101. The van der Waals surface area contributed by atoms with E-state index in [-0.39, 0.29) is 23.3 Å². The number of aromatic nitrogens is 2. The molecule has 134 valence electrons. The third-order valence-electron chi connectivity index (χ3n) is 5.38. The van der Waals surface area contributed by atoms with Crippen molar-refractivity contribution < 1.29 is 4.79 Å². The zero-order valence-corrected chi connectivity index (χ0v) is 15.8. The van der Waals surface area contributed by atoms with Crippen molar-refractivity contribution >= 4 is 28.6 Å². The smallest absolute Gasteiger partial charge is 0.262 e. The molecule has 1 aromatic heterocycles. The molecule has 1 aliphatic carbocycles. The van der Waals surface area contributed by atoms with Crippen molar-refractivity contribution in [1.82, 2.24) is 14.9 Å². The number of rotatable bonds is 4. The van der Waals surface area contributed by atoms with Crippen LogP contribution in [0.25, 0.3) is 10.9 Å². The van der Waals surface area contributed by atoms with Crippen LogP contribution in [0.4, 0.5) is 0 Å². The second-order valence-corrected chi connectivity index (χ2v) is 7.83. The summed E-state index contributed by atoms with van der Waals surface area (Å²) in [6, 6.07) is 7.60. The van der Waals surface area contributed by atoms with Gasteiger partial charge in [0, 0.05) is 13.1 Å². The topological polar surface area (TPSA) is 64.0 Å². The summed E-state index contributed by atoms with van der Waals surface area (Å²) in [5, 5.41) is 3.93. The number of fused-ring (bicyclic) bond motifs is 1. The number of para-hydroxylation sites is 1. The van der Waals surface area contributed by atoms with Gasteiger partial charge in [-0.25, -0.2) is 4.98 Å². The van der Waals surface area contributed by atoms with Crippen LogP contribution in [0.1, 0.15) is 39.2 Å². The van der Waals surface area contributed by atoms with Crippen LogP contribution in [-0.2, 0) is 4.79 Å². The summed E-state index contributed by atoms with van der Waals surface area (Å²) in [7, 11) is 1.62. The standard InChI is InChI=1S/C19H25N3O2S/c1-12-7-6-10-16(13(12)2)22-18(24)14-8-4-5-9-15(14)21-19(22)25-11-17(23)20-3/h4-5,8-9,12-13,16H,6-7,10-11H2,1-3H3,(H,20,23)/t12-,13+,16-/m0/s1. The highest BCUT2D eigenvalue weighted by Crippen LogP contribution is 2.38. The maximum absolute atomic E-state index is 13.2. The quantitative estimate of drug-likeness (QED) is 0.672. The van der Waals surface area contributed by atoms with Crippen LogP contribution in [0.5, 0.6) is 0 Å². The van der Waals surface area contributed by atoms with Gasteiger partial charge in [-0.3, -0.25) is 14.2 Å². The van der Waals surface area contributed by atoms with Gasteiger partial charge in [-0.2, -0.15) is 0 Å². The van der Waals surface area contributed by atoms with E-state index in [4.69, 9.17) is 4.98 Å². The maximum atomic E-state index is 13.2. The average Bonchev–Trinajstić information content (AvgIpc) is 2.62. The van der Waals surface area contributed by atoms with Gasteiger partial charge in [0.25, 0.3) is 5.56 Å². The predicted molar refractivity (Wildman–Crippen MR) is 102 cm³/mol. The number of amides is 1. The van der Waals surface area contributed by atoms with Crippen molar-refractivity contribution in [3.63, 3.8) is 0 Å². The maximum Gasteiger partial charge on any atom is 0.262 e. The zero-order valence-electron chi connectivity index (χ0n) is 15.0. The lowest BCUT2D eigenvalue weighted by molar-refractivity contribution is -0.118. The van der Waals surface area contributed by atoms with E-state index >= 15 is 0 Å². The van der Waals surface area contributed by atoms with E-state index in [1.165, 1.54) is 18.2 Å². The van der Waals surface area contributed by atoms with Gasteiger partial charge in [-0.15, -0.1) is 0 Å². The van der Waals surface area contributed by atoms with Crippen LogP contribution >= 0.6 is 11.8 Å². The van der Waals surface area contributed by atoms with E-state index in [2.05, 4.69) is 19.2 Å². The minimum atomic E-state index is -0.0657. The van der Waals surface area contributed by atoms with Gasteiger partial charge >= 0.3 is 0 Å². The van der Waals surface area contributed by atoms with E-state index in [0.717, 1.165) is 12.8 Å². The van der Waals surface area contributed by atoms with Gasteiger partial charge in [-0.05, 0) is 30.4 Å². The normalized spacial score (nSPS) is 23.6. The second kappa shape index (κ2) is 7.60. The van der Waals surface area contributed by atoms with E-state index in [0.29, 0.717) is 27.9 Å². The van der Waals surface area contributed by atoms with Gasteiger partial charge in [-0.1, -0.05) is 50.6 Å². The summed E-state index contributed by atoms with van der Waals surface area (Å²) in [4.78, 5) is 29.6. The van der Waals surface area contributed by atoms with E-state index in [1.54, 1.807) is 7.05 Å². The fourth-order valence-electron chi connectivity index (χ4n) is 3.64. The lowest BCUT2D eigenvalue weighted by Crippen LogP contribution is -2.35. The van der Waals surface area contributed by atoms with E-state index in [1.807, 2.05) is 28.8 Å². The summed E-state index contributed by atoms with van der Waals surface area (Å²) in [5.74, 6) is 1.18. The van der Waals surface area contributed by atoms with Crippen LogP contribution in [0.3, 0.4) is 0 Å². The van der Waals surface area contributed by atoms with Crippen LogP contribution < -0.4 is 10.9 Å².